The fraction of sp³-hybridized carbons (Fsp3) is 0.333. The summed E-state index contributed by atoms with van der Waals surface area (Å²) in [4.78, 5) is 26.6. The molecule has 1 aliphatic carbocycles. The normalized spacial score (nSPS) is 20.6. The van der Waals surface area contributed by atoms with Gasteiger partial charge >= 0.3 is 12.1 Å². The van der Waals surface area contributed by atoms with Gasteiger partial charge in [0.25, 0.3) is 0 Å². The summed E-state index contributed by atoms with van der Waals surface area (Å²) in [6.45, 7) is 4.88. The highest BCUT2D eigenvalue weighted by atomic mass is 19.4. The smallest absolute Gasteiger partial charge is 0.416 e. The molecular formula is C27H25F4NO3. The van der Waals surface area contributed by atoms with E-state index in [2.05, 4.69) is 5.32 Å². The average Bonchev–Trinajstić information content (AvgIpc) is 2.77. The van der Waals surface area contributed by atoms with Gasteiger partial charge in [-0.25, -0.2) is 9.18 Å². The number of esters is 1. The van der Waals surface area contributed by atoms with E-state index < -0.39 is 35.5 Å². The number of allylic oxidation sites excluding steroid dienone is 3. The summed E-state index contributed by atoms with van der Waals surface area (Å²) < 4.78 is 60.8. The van der Waals surface area contributed by atoms with Crippen molar-refractivity contribution in [2.75, 3.05) is 0 Å². The monoisotopic (exact) mass is 487 g/mol. The number of nitrogens with one attached hydrogen (secondary N) is 1. The number of alkyl halides is 3. The molecule has 0 spiro atoms. The maximum atomic E-state index is 14.0. The number of halogens is 4. The molecule has 0 amide bonds. The Morgan fingerprint density at radius 1 is 1.06 bits per heavy atom. The second kappa shape index (κ2) is 9.32. The molecule has 0 aromatic heterocycles. The summed E-state index contributed by atoms with van der Waals surface area (Å²) in [6, 6.07) is 10.8. The number of rotatable bonds is 4. The van der Waals surface area contributed by atoms with Gasteiger partial charge in [0.1, 0.15) is 5.82 Å². The van der Waals surface area contributed by atoms with Gasteiger partial charge in [-0.1, -0.05) is 30.3 Å². The van der Waals surface area contributed by atoms with E-state index in [9.17, 15) is 27.2 Å². The highest BCUT2D eigenvalue weighted by Crippen LogP contribution is 2.48. The molecule has 184 valence electrons. The molecule has 35 heavy (non-hydrogen) atoms. The van der Waals surface area contributed by atoms with Crippen LogP contribution in [0, 0.1) is 5.82 Å². The first-order chi connectivity index (χ1) is 16.5. The summed E-state index contributed by atoms with van der Waals surface area (Å²) in [5, 5.41) is 3.10. The lowest BCUT2D eigenvalue weighted by Crippen LogP contribution is -2.37. The number of Topliss-reactive ketones (excluding diaryl/α,β-unsaturated/α-hetero) is 1. The minimum Gasteiger partial charge on any atom is -0.460 e. The predicted molar refractivity (Wildman–Crippen MR) is 122 cm³/mol. The molecule has 1 heterocycles. The summed E-state index contributed by atoms with van der Waals surface area (Å²) >= 11 is 0. The number of carbonyl (C=O) groups excluding carboxylic acids is 2. The first kappa shape index (κ1) is 24.7. The van der Waals surface area contributed by atoms with Gasteiger partial charge in [0, 0.05) is 29.3 Å². The third-order valence-electron chi connectivity index (χ3n) is 6.31. The molecule has 0 saturated heterocycles. The first-order valence-electron chi connectivity index (χ1n) is 11.3. The van der Waals surface area contributed by atoms with Crippen LogP contribution >= 0.6 is 0 Å². The summed E-state index contributed by atoms with van der Waals surface area (Å²) in [7, 11) is 0. The second-order valence-corrected chi connectivity index (χ2v) is 9.11. The van der Waals surface area contributed by atoms with Gasteiger partial charge in [-0.3, -0.25) is 4.79 Å². The lowest BCUT2D eigenvalue weighted by atomic mass is 9.71. The predicted octanol–water partition coefficient (Wildman–Crippen LogP) is 6.16. The Labute approximate surface area is 200 Å². The zero-order chi connectivity index (χ0) is 25.5. The minimum absolute atomic E-state index is 0.0114. The second-order valence-electron chi connectivity index (χ2n) is 9.11. The van der Waals surface area contributed by atoms with Crippen molar-refractivity contribution in [3.8, 4) is 0 Å². The van der Waals surface area contributed by atoms with Crippen LogP contribution < -0.4 is 5.32 Å². The van der Waals surface area contributed by atoms with Gasteiger partial charge < -0.3 is 10.1 Å². The third kappa shape index (κ3) is 4.88. The molecule has 2 atom stereocenters. The molecule has 0 bridgehead atoms. The van der Waals surface area contributed by atoms with Crippen LogP contribution in [-0.4, -0.2) is 17.9 Å². The zero-order valence-corrected chi connectivity index (χ0v) is 19.5. The molecule has 4 rings (SSSR count). The summed E-state index contributed by atoms with van der Waals surface area (Å²) in [5.41, 5.74) is 0.615. The molecule has 0 saturated carbocycles. The average molecular weight is 487 g/mol. The van der Waals surface area contributed by atoms with Crippen LogP contribution in [-0.2, 0) is 20.5 Å². The Kier molecular flexibility index (Phi) is 6.58. The topological polar surface area (TPSA) is 55.4 Å². The molecular weight excluding hydrogens is 462 g/mol. The molecule has 2 aliphatic rings. The molecule has 1 aliphatic heterocycles. The quantitative estimate of drug-likeness (QED) is 0.415. The lowest BCUT2D eigenvalue weighted by molar-refractivity contribution is -0.143. The molecule has 4 nitrogen and oxygen atoms in total. The number of dihydropyridines is 1. The van der Waals surface area contributed by atoms with Gasteiger partial charge in [-0.15, -0.1) is 0 Å². The largest absolute Gasteiger partial charge is 0.460 e. The standard InChI is InChI=1S/C27H25F4NO3/c1-14(2)35-26(34)23-15(3)32-21-12-17(16-8-10-18(28)11-9-16)13-22(33)25(21)24(23)19-6-4-5-7-20(19)27(29,30)31/h4-11,14,17,24,32H,12-13H2,1-3H3/t17-,24-/m0/s1. The van der Waals surface area contributed by atoms with Crippen molar-refractivity contribution in [2.24, 2.45) is 0 Å². The van der Waals surface area contributed by atoms with Gasteiger partial charge in [-0.05, 0) is 62.4 Å². The summed E-state index contributed by atoms with van der Waals surface area (Å²) in [5.74, 6) is -3.03. The fourth-order valence-corrected chi connectivity index (χ4v) is 4.88. The van der Waals surface area contributed by atoms with Crippen LogP contribution in [0.3, 0.4) is 0 Å². The maximum Gasteiger partial charge on any atom is 0.416 e. The van der Waals surface area contributed by atoms with Gasteiger partial charge in [0.05, 0.1) is 17.2 Å². The molecule has 1 N–H and O–H groups in total. The van der Waals surface area contributed by atoms with E-state index in [0.717, 1.165) is 11.6 Å². The minimum atomic E-state index is -4.68. The Morgan fingerprint density at radius 2 is 1.71 bits per heavy atom. The molecule has 2 aromatic carbocycles. The summed E-state index contributed by atoms with van der Waals surface area (Å²) in [6.07, 6.45) is -4.82. The van der Waals surface area contributed by atoms with E-state index in [1.165, 1.54) is 30.3 Å². The van der Waals surface area contributed by atoms with Crippen LogP contribution in [0.1, 0.15) is 62.1 Å². The molecule has 8 heteroatoms. The molecule has 0 fully saturated rings. The van der Waals surface area contributed by atoms with Gasteiger partial charge in [0.15, 0.2) is 5.78 Å². The van der Waals surface area contributed by atoms with Crippen LogP contribution in [0.2, 0.25) is 0 Å². The fourth-order valence-electron chi connectivity index (χ4n) is 4.88. The van der Waals surface area contributed by atoms with Crippen LogP contribution in [0.4, 0.5) is 17.6 Å². The van der Waals surface area contributed by atoms with Crippen molar-refractivity contribution in [1.29, 1.82) is 0 Å². The number of ketones is 1. The Morgan fingerprint density at radius 3 is 2.34 bits per heavy atom. The van der Waals surface area contributed by atoms with Crippen molar-refractivity contribution >= 4 is 11.8 Å². The van der Waals surface area contributed by atoms with E-state index >= 15 is 0 Å². The third-order valence-corrected chi connectivity index (χ3v) is 6.31. The Hall–Kier alpha value is -3.42. The van der Waals surface area contributed by atoms with E-state index in [1.807, 2.05) is 0 Å². The van der Waals surface area contributed by atoms with Gasteiger partial charge in [-0.2, -0.15) is 13.2 Å². The number of carbonyl (C=O) groups is 2. The van der Waals surface area contributed by atoms with Crippen LogP contribution in [0.15, 0.2) is 71.1 Å². The van der Waals surface area contributed by atoms with Crippen LogP contribution in [0.5, 0.6) is 0 Å². The first-order valence-corrected chi connectivity index (χ1v) is 11.3. The molecule has 2 aromatic rings. The van der Waals surface area contributed by atoms with Crippen molar-refractivity contribution < 1.29 is 31.9 Å². The van der Waals surface area contributed by atoms with E-state index in [0.29, 0.717) is 17.8 Å². The highest BCUT2D eigenvalue weighted by molar-refractivity contribution is 6.04. The van der Waals surface area contributed by atoms with Crippen molar-refractivity contribution in [3.05, 3.63) is 93.6 Å². The lowest BCUT2D eigenvalue weighted by Gasteiger charge is -2.37. The van der Waals surface area contributed by atoms with E-state index in [1.54, 1.807) is 32.9 Å². The number of hydrogen-bond acceptors (Lipinski definition) is 4. The molecule has 0 unspecified atom stereocenters. The Balaban J connectivity index is 1.87. The number of hydrogen-bond donors (Lipinski definition) is 1. The van der Waals surface area contributed by atoms with Crippen molar-refractivity contribution in [3.63, 3.8) is 0 Å². The highest BCUT2D eigenvalue weighted by Gasteiger charge is 2.45. The van der Waals surface area contributed by atoms with Gasteiger partial charge in [0.2, 0.25) is 0 Å². The van der Waals surface area contributed by atoms with Crippen molar-refractivity contribution in [2.45, 2.75) is 57.7 Å². The SMILES string of the molecule is CC1=C(C(=O)OC(C)C)[C@H](c2ccccc2C(F)(F)F)C2=C(C[C@H](c3ccc(F)cc3)CC2=O)N1. The van der Waals surface area contributed by atoms with E-state index in [-0.39, 0.29) is 34.8 Å². The number of ether oxygens (including phenoxy) is 1. The maximum absolute atomic E-state index is 14.0. The Bertz CT molecular complexity index is 1230. The van der Waals surface area contributed by atoms with Crippen LogP contribution in [0.25, 0.3) is 0 Å². The zero-order valence-electron chi connectivity index (χ0n) is 19.5. The van der Waals surface area contributed by atoms with Crippen molar-refractivity contribution in [1.82, 2.24) is 5.32 Å². The number of benzene rings is 2. The molecule has 0 radical (unpaired) electrons. The van der Waals surface area contributed by atoms with E-state index in [4.69, 9.17) is 4.74 Å².